The Hall–Kier alpha value is -3.36. The van der Waals surface area contributed by atoms with E-state index in [4.69, 9.17) is 4.74 Å². The Balaban J connectivity index is 1.47. The van der Waals surface area contributed by atoms with Gasteiger partial charge in [-0.25, -0.2) is 9.18 Å². The lowest BCUT2D eigenvalue weighted by atomic mass is 10.0. The fraction of sp³-hybridized carbons (Fsp3) is 0.458. The number of piperidine rings is 1. The molecule has 8 nitrogen and oxygen atoms in total. The molecule has 3 amide bonds. The van der Waals surface area contributed by atoms with E-state index >= 15 is 0 Å². The molecule has 0 spiro atoms. The first-order chi connectivity index (χ1) is 15.7. The molecule has 1 saturated heterocycles. The topological polar surface area (TPSA) is 92.7 Å². The van der Waals surface area contributed by atoms with Crippen LogP contribution in [0.4, 0.5) is 9.18 Å². The highest BCUT2D eigenvalue weighted by molar-refractivity contribution is 5.94. The Morgan fingerprint density at radius 1 is 1.00 bits per heavy atom. The number of aromatic nitrogens is 1. The second-order valence-corrected chi connectivity index (χ2v) is 8.99. The van der Waals surface area contributed by atoms with Crippen LogP contribution in [0.25, 0.3) is 0 Å². The first-order valence-corrected chi connectivity index (χ1v) is 11.1. The Labute approximate surface area is 193 Å². The molecule has 0 unspecified atom stereocenters. The van der Waals surface area contributed by atoms with Crippen molar-refractivity contribution in [1.82, 2.24) is 20.1 Å². The maximum absolute atomic E-state index is 13.7. The molecule has 0 aliphatic carbocycles. The number of benzene rings is 1. The van der Waals surface area contributed by atoms with Crippen molar-refractivity contribution in [2.24, 2.45) is 0 Å². The maximum atomic E-state index is 13.7. The lowest BCUT2D eigenvalue weighted by molar-refractivity contribution is 0.0187. The second-order valence-electron chi connectivity index (χ2n) is 8.99. The number of likely N-dealkylation sites (tertiary alicyclic amines) is 1. The van der Waals surface area contributed by atoms with Crippen LogP contribution in [0.3, 0.4) is 0 Å². The largest absolute Gasteiger partial charge is 0.444 e. The van der Waals surface area contributed by atoms with Gasteiger partial charge in [0.15, 0.2) is 0 Å². The monoisotopic (exact) mass is 458 g/mol. The molecule has 1 aromatic carbocycles. The fourth-order valence-corrected chi connectivity index (χ4v) is 3.74. The van der Waals surface area contributed by atoms with Crippen LogP contribution >= 0.6 is 0 Å². The smallest absolute Gasteiger partial charge is 0.410 e. The van der Waals surface area contributed by atoms with Gasteiger partial charge in [0.2, 0.25) is 0 Å². The summed E-state index contributed by atoms with van der Waals surface area (Å²) in [6.07, 6.45) is 2.98. The van der Waals surface area contributed by atoms with Gasteiger partial charge in [-0.2, -0.15) is 0 Å². The molecule has 1 aromatic heterocycles. The second kappa shape index (κ2) is 10.5. The van der Waals surface area contributed by atoms with Gasteiger partial charge in [-0.3, -0.25) is 9.59 Å². The quantitative estimate of drug-likeness (QED) is 0.650. The lowest BCUT2D eigenvalue weighted by Crippen LogP contribution is -2.42. The zero-order valence-electron chi connectivity index (χ0n) is 19.3. The lowest BCUT2D eigenvalue weighted by Gasteiger charge is -2.34. The molecule has 178 valence electrons. The fourth-order valence-electron chi connectivity index (χ4n) is 3.74. The number of carbonyl (C=O) groups excluding carboxylic acids is 3. The van der Waals surface area contributed by atoms with Crippen molar-refractivity contribution in [3.05, 3.63) is 59.7 Å². The van der Waals surface area contributed by atoms with Crippen LogP contribution in [0.1, 0.15) is 60.5 Å². The minimum absolute atomic E-state index is 0.0320. The van der Waals surface area contributed by atoms with Crippen LogP contribution in [0.2, 0.25) is 0 Å². The van der Waals surface area contributed by atoms with Crippen LogP contribution in [-0.2, 0) is 4.74 Å². The molecule has 3 rings (SSSR count). The zero-order valence-corrected chi connectivity index (χ0v) is 19.3. The van der Waals surface area contributed by atoms with Crippen LogP contribution in [-0.4, -0.2) is 59.2 Å². The summed E-state index contributed by atoms with van der Waals surface area (Å²) in [6.45, 7) is 7.02. The first-order valence-electron chi connectivity index (χ1n) is 11.1. The Morgan fingerprint density at radius 3 is 2.27 bits per heavy atom. The highest BCUT2D eigenvalue weighted by atomic mass is 19.1. The predicted octanol–water partition coefficient (Wildman–Crippen LogP) is 3.36. The van der Waals surface area contributed by atoms with Gasteiger partial charge in [-0.15, -0.1) is 0 Å². The minimum atomic E-state index is -0.588. The normalized spacial score (nSPS) is 14.6. The number of nitrogens with zero attached hydrogens (tertiary/aromatic N) is 2. The van der Waals surface area contributed by atoms with Crippen molar-refractivity contribution < 1.29 is 23.5 Å². The van der Waals surface area contributed by atoms with Gasteiger partial charge in [0, 0.05) is 38.4 Å². The molecule has 0 saturated carbocycles. The summed E-state index contributed by atoms with van der Waals surface area (Å²) in [4.78, 5) is 38.7. The third-order valence-electron chi connectivity index (χ3n) is 5.34. The van der Waals surface area contributed by atoms with Crippen LogP contribution < -0.4 is 10.6 Å². The third kappa shape index (κ3) is 6.57. The molecule has 1 aliphatic heterocycles. The molecule has 1 aliphatic rings. The number of hydrogen-bond acceptors (Lipinski definition) is 4. The summed E-state index contributed by atoms with van der Waals surface area (Å²) in [5, 5.41) is 5.39. The highest BCUT2D eigenvalue weighted by Gasteiger charge is 2.28. The number of amides is 3. The van der Waals surface area contributed by atoms with E-state index in [1.807, 2.05) is 37.6 Å². The summed E-state index contributed by atoms with van der Waals surface area (Å²) in [6, 6.07) is 9.39. The SMILES string of the molecule is CC(C)(C)OC(=O)N1CCC(n2cccc2C(=O)NCCNC(=O)c2ccccc2F)CC1. The third-order valence-corrected chi connectivity index (χ3v) is 5.34. The van der Waals surface area contributed by atoms with Gasteiger partial charge in [0.1, 0.15) is 17.1 Å². The zero-order chi connectivity index (χ0) is 24.0. The molecule has 0 bridgehead atoms. The Kier molecular flexibility index (Phi) is 7.73. The van der Waals surface area contributed by atoms with Crippen LogP contribution in [0.5, 0.6) is 0 Å². The minimum Gasteiger partial charge on any atom is -0.444 e. The van der Waals surface area contributed by atoms with E-state index in [9.17, 15) is 18.8 Å². The standard InChI is InChI=1S/C24H31FN4O4/c1-24(2,3)33-23(32)28-15-10-17(11-16-28)29-14-6-9-20(29)22(31)27-13-12-26-21(30)18-7-4-5-8-19(18)25/h4-9,14,17H,10-13,15-16H2,1-3H3,(H,26,30)(H,27,31). The Morgan fingerprint density at radius 2 is 1.64 bits per heavy atom. The van der Waals surface area contributed by atoms with Crippen LogP contribution in [0.15, 0.2) is 42.6 Å². The molecular weight excluding hydrogens is 427 g/mol. The predicted molar refractivity (Wildman–Crippen MR) is 122 cm³/mol. The van der Waals surface area contributed by atoms with Gasteiger partial charge in [-0.1, -0.05) is 12.1 Å². The highest BCUT2D eigenvalue weighted by Crippen LogP contribution is 2.25. The summed E-state index contributed by atoms with van der Waals surface area (Å²) in [7, 11) is 0. The molecule has 0 atom stereocenters. The number of halogens is 1. The van der Waals surface area contributed by atoms with Crippen molar-refractivity contribution in [3.8, 4) is 0 Å². The number of carbonyl (C=O) groups is 3. The number of rotatable bonds is 6. The van der Waals surface area contributed by atoms with E-state index in [1.165, 1.54) is 18.2 Å². The van der Waals surface area contributed by atoms with Crippen molar-refractivity contribution in [1.29, 1.82) is 0 Å². The molecule has 2 aromatic rings. The molecule has 0 radical (unpaired) electrons. The summed E-state index contributed by atoms with van der Waals surface area (Å²) in [5.41, 5.74) is -0.0458. The number of nitrogens with one attached hydrogen (secondary N) is 2. The van der Waals surface area contributed by atoms with E-state index < -0.39 is 17.3 Å². The molecule has 33 heavy (non-hydrogen) atoms. The van der Waals surface area contributed by atoms with E-state index in [2.05, 4.69) is 10.6 Å². The van der Waals surface area contributed by atoms with E-state index in [0.717, 1.165) is 0 Å². The van der Waals surface area contributed by atoms with Gasteiger partial charge >= 0.3 is 6.09 Å². The number of ether oxygens (including phenoxy) is 1. The van der Waals surface area contributed by atoms with Crippen molar-refractivity contribution >= 4 is 17.9 Å². The van der Waals surface area contributed by atoms with Crippen molar-refractivity contribution in [2.75, 3.05) is 26.2 Å². The summed E-state index contributed by atoms with van der Waals surface area (Å²) in [5.74, 6) is -1.37. The summed E-state index contributed by atoms with van der Waals surface area (Å²) >= 11 is 0. The van der Waals surface area contributed by atoms with E-state index in [-0.39, 0.29) is 36.7 Å². The molecule has 9 heteroatoms. The Bertz CT molecular complexity index is 990. The number of hydrogen-bond donors (Lipinski definition) is 2. The molecular formula is C24H31FN4O4. The molecule has 2 N–H and O–H groups in total. The average Bonchev–Trinajstić information content (AvgIpc) is 3.26. The van der Waals surface area contributed by atoms with Gasteiger partial charge < -0.3 is 24.8 Å². The van der Waals surface area contributed by atoms with E-state index in [0.29, 0.717) is 31.6 Å². The van der Waals surface area contributed by atoms with Gasteiger partial charge in [0.05, 0.1) is 5.56 Å². The van der Waals surface area contributed by atoms with E-state index in [1.54, 1.807) is 17.0 Å². The first kappa shape index (κ1) is 24.3. The van der Waals surface area contributed by atoms with Crippen molar-refractivity contribution in [2.45, 2.75) is 45.3 Å². The van der Waals surface area contributed by atoms with Crippen LogP contribution in [0, 0.1) is 5.82 Å². The average molecular weight is 459 g/mol. The maximum Gasteiger partial charge on any atom is 0.410 e. The van der Waals surface area contributed by atoms with Gasteiger partial charge in [-0.05, 0) is 57.9 Å². The van der Waals surface area contributed by atoms with Crippen molar-refractivity contribution in [3.63, 3.8) is 0 Å². The van der Waals surface area contributed by atoms with Gasteiger partial charge in [0.25, 0.3) is 11.8 Å². The molecule has 2 heterocycles. The summed E-state index contributed by atoms with van der Waals surface area (Å²) < 4.78 is 21.0. The molecule has 1 fully saturated rings.